The van der Waals surface area contributed by atoms with E-state index in [0.717, 1.165) is 0 Å². The molecule has 0 saturated carbocycles. The summed E-state index contributed by atoms with van der Waals surface area (Å²) >= 11 is 3.90. The van der Waals surface area contributed by atoms with Crippen molar-refractivity contribution < 1.29 is 0 Å². The molecule has 0 unspecified atom stereocenters. The molecule has 0 amide bonds. The van der Waals surface area contributed by atoms with Crippen LogP contribution in [-0.4, -0.2) is 0 Å². The van der Waals surface area contributed by atoms with E-state index < -0.39 is 0 Å². The first-order valence-corrected chi connectivity index (χ1v) is 8.74. The summed E-state index contributed by atoms with van der Waals surface area (Å²) in [6, 6.07) is 13.8. The third kappa shape index (κ3) is 1.79. The third-order valence-corrected chi connectivity index (χ3v) is 6.34. The molecule has 4 aromatic rings. The van der Waals surface area contributed by atoms with Gasteiger partial charge in [-0.3, -0.25) is 0 Å². The van der Waals surface area contributed by atoms with E-state index in [4.69, 9.17) is 0 Å². The summed E-state index contributed by atoms with van der Waals surface area (Å²) in [4.78, 5) is 0. The smallest absolute Gasteiger partial charge is 0.0542 e. The molecule has 100 valence electrons. The molecule has 0 N–H and O–H groups in total. The van der Waals surface area contributed by atoms with Crippen LogP contribution in [0.25, 0.3) is 29.6 Å². The van der Waals surface area contributed by atoms with Crippen molar-refractivity contribution in [3.63, 3.8) is 0 Å². The fourth-order valence-electron chi connectivity index (χ4n) is 2.85. The summed E-state index contributed by atoms with van der Waals surface area (Å²) in [5.74, 6) is 0. The van der Waals surface area contributed by atoms with Crippen LogP contribution in [0.2, 0.25) is 0 Å². The highest BCUT2D eigenvalue weighted by atomic mass is 32.1. The van der Waals surface area contributed by atoms with Gasteiger partial charge in [-0.15, -0.1) is 22.7 Å². The molecule has 0 radical (unpaired) electrons. The number of rotatable bonds is 2. The number of aryl methyl sites for hydroxylation is 2. The number of hydrogen-bond donors (Lipinski definition) is 0. The molecule has 2 aromatic carbocycles. The Morgan fingerprint density at radius 3 is 2.20 bits per heavy atom. The Bertz CT molecular complexity index is 925. The van der Waals surface area contributed by atoms with Crippen molar-refractivity contribution in [1.29, 1.82) is 0 Å². The molecule has 0 aliphatic rings. The Kier molecular flexibility index (Phi) is 2.83. The molecule has 0 aliphatic carbocycles. The van der Waals surface area contributed by atoms with Gasteiger partial charge in [-0.2, -0.15) is 0 Å². The van der Waals surface area contributed by atoms with E-state index in [1.54, 1.807) is 0 Å². The average Bonchev–Trinajstić information content (AvgIpc) is 2.93. The molecule has 0 atom stereocenters. The molecule has 0 nitrogen and oxygen atoms in total. The number of thiophene rings is 2. The number of hydrogen-bond acceptors (Lipinski definition) is 2. The second-order valence-corrected chi connectivity index (χ2v) is 7.55. The molecule has 0 bridgehead atoms. The van der Waals surface area contributed by atoms with Gasteiger partial charge in [-0.25, -0.2) is 0 Å². The number of benzene rings is 2. The minimum absolute atomic E-state index is 1.18. The fraction of sp³-hybridized carbons (Fsp3) is 0.222. The van der Waals surface area contributed by atoms with Crippen molar-refractivity contribution in [2.45, 2.75) is 26.7 Å². The highest BCUT2D eigenvalue weighted by Gasteiger charge is 2.12. The van der Waals surface area contributed by atoms with Crippen LogP contribution < -0.4 is 0 Å². The minimum Gasteiger partial charge on any atom is -0.134 e. The summed E-state index contributed by atoms with van der Waals surface area (Å²) in [5, 5.41) is 2.86. The molecule has 2 heteroatoms. The lowest BCUT2D eigenvalue weighted by molar-refractivity contribution is 0.924. The molecular weight excluding hydrogens is 280 g/mol. The summed E-state index contributed by atoms with van der Waals surface area (Å²) in [7, 11) is 0. The highest BCUT2D eigenvalue weighted by molar-refractivity contribution is 7.36. The summed E-state index contributed by atoms with van der Waals surface area (Å²) in [5.41, 5.74) is 2.81. The predicted molar refractivity (Wildman–Crippen MR) is 93.4 cm³/mol. The molecule has 2 heterocycles. The molecule has 20 heavy (non-hydrogen) atoms. The Morgan fingerprint density at radius 1 is 0.850 bits per heavy atom. The molecule has 2 aromatic heterocycles. The second-order valence-electron chi connectivity index (χ2n) is 5.44. The van der Waals surface area contributed by atoms with Gasteiger partial charge >= 0.3 is 0 Å². The Balaban J connectivity index is 2.05. The van der Waals surface area contributed by atoms with Gasteiger partial charge in [-0.1, -0.05) is 37.6 Å². The van der Waals surface area contributed by atoms with Crippen LogP contribution in [0, 0.1) is 6.92 Å². The quantitative estimate of drug-likeness (QED) is 0.394. The van der Waals surface area contributed by atoms with Crippen LogP contribution in [0.3, 0.4) is 0 Å². The Hall–Kier alpha value is -1.38. The van der Waals surface area contributed by atoms with Gasteiger partial charge in [0.15, 0.2) is 0 Å². The van der Waals surface area contributed by atoms with Crippen molar-refractivity contribution in [2.24, 2.45) is 0 Å². The molecule has 0 aliphatic heterocycles. The van der Waals surface area contributed by atoms with Crippen molar-refractivity contribution in [2.75, 3.05) is 0 Å². The average molecular weight is 296 g/mol. The van der Waals surface area contributed by atoms with E-state index in [0.29, 0.717) is 0 Å². The first-order chi connectivity index (χ1) is 9.76. The van der Waals surface area contributed by atoms with Gasteiger partial charge in [0.25, 0.3) is 0 Å². The lowest BCUT2D eigenvalue weighted by Gasteiger charge is -1.98. The van der Waals surface area contributed by atoms with Crippen molar-refractivity contribution in [3.05, 3.63) is 47.5 Å². The van der Waals surface area contributed by atoms with E-state index in [9.17, 15) is 0 Å². The van der Waals surface area contributed by atoms with E-state index in [1.807, 2.05) is 22.7 Å². The maximum atomic E-state index is 2.39. The van der Waals surface area contributed by atoms with Crippen molar-refractivity contribution in [1.82, 2.24) is 0 Å². The number of fused-ring (bicyclic) bond motifs is 5. The van der Waals surface area contributed by atoms with Gasteiger partial charge in [0, 0.05) is 20.2 Å². The standard InChI is InChI=1S/C18H16S2/c1-3-4-12-6-8-14-16(10-12)20-17-13-7-5-11(2)9-15(13)19-18(14)17/h5-10H,3-4H2,1-2H3. The zero-order valence-corrected chi connectivity index (χ0v) is 13.3. The van der Waals surface area contributed by atoms with Crippen LogP contribution in [0.15, 0.2) is 36.4 Å². The first kappa shape index (κ1) is 12.4. The first-order valence-electron chi connectivity index (χ1n) is 7.10. The van der Waals surface area contributed by atoms with Crippen molar-refractivity contribution in [3.8, 4) is 0 Å². The van der Waals surface area contributed by atoms with E-state index in [1.165, 1.54) is 53.5 Å². The largest absolute Gasteiger partial charge is 0.134 e. The van der Waals surface area contributed by atoms with Crippen LogP contribution in [0.1, 0.15) is 24.5 Å². The van der Waals surface area contributed by atoms with E-state index in [2.05, 4.69) is 50.2 Å². The monoisotopic (exact) mass is 296 g/mol. The minimum atomic E-state index is 1.18. The van der Waals surface area contributed by atoms with Gasteiger partial charge in [0.1, 0.15) is 0 Å². The second kappa shape index (κ2) is 4.57. The molecule has 0 spiro atoms. The summed E-state index contributed by atoms with van der Waals surface area (Å²) in [6.45, 7) is 4.41. The topological polar surface area (TPSA) is 0 Å². The van der Waals surface area contributed by atoms with Gasteiger partial charge < -0.3 is 0 Å². The lowest BCUT2D eigenvalue weighted by atomic mass is 10.1. The normalized spacial score (nSPS) is 11.9. The fourth-order valence-corrected chi connectivity index (χ4v) is 5.67. The Labute approximate surface area is 126 Å². The van der Waals surface area contributed by atoms with Crippen LogP contribution in [0.4, 0.5) is 0 Å². The summed E-state index contributed by atoms with van der Waals surface area (Å²) in [6.07, 6.45) is 2.40. The van der Waals surface area contributed by atoms with E-state index in [-0.39, 0.29) is 0 Å². The predicted octanol–water partition coefficient (Wildman–Crippen LogP) is 6.53. The third-order valence-electron chi connectivity index (χ3n) is 3.84. The van der Waals surface area contributed by atoms with Gasteiger partial charge in [0.2, 0.25) is 0 Å². The van der Waals surface area contributed by atoms with Crippen LogP contribution in [-0.2, 0) is 6.42 Å². The molecule has 0 saturated heterocycles. The summed E-state index contributed by atoms with van der Waals surface area (Å²) < 4.78 is 5.80. The molecule has 0 fully saturated rings. The van der Waals surface area contributed by atoms with Gasteiger partial charge in [-0.05, 0) is 36.6 Å². The lowest BCUT2D eigenvalue weighted by Crippen LogP contribution is -1.80. The van der Waals surface area contributed by atoms with Crippen LogP contribution >= 0.6 is 22.7 Å². The van der Waals surface area contributed by atoms with Crippen LogP contribution in [0.5, 0.6) is 0 Å². The maximum absolute atomic E-state index is 2.39. The SMILES string of the molecule is CCCc1ccc2c(c1)sc1c3ccc(C)cc3sc21. The highest BCUT2D eigenvalue weighted by Crippen LogP contribution is 2.44. The maximum Gasteiger partial charge on any atom is 0.0542 e. The Morgan fingerprint density at radius 2 is 1.50 bits per heavy atom. The zero-order valence-electron chi connectivity index (χ0n) is 11.7. The van der Waals surface area contributed by atoms with Crippen molar-refractivity contribution >= 4 is 52.2 Å². The molecule has 4 rings (SSSR count). The van der Waals surface area contributed by atoms with Gasteiger partial charge in [0.05, 0.1) is 9.40 Å². The molecular formula is C18H16S2. The van der Waals surface area contributed by atoms with E-state index >= 15 is 0 Å². The zero-order chi connectivity index (χ0) is 13.7.